The fraction of sp³-hybridized carbons (Fsp3) is 0.357. The number of nitrogens with zero attached hydrogens (tertiary/aromatic N) is 1. The van der Waals surface area contributed by atoms with Crippen LogP contribution in [0.25, 0.3) is 0 Å². The van der Waals surface area contributed by atoms with Gasteiger partial charge in [0.2, 0.25) is 11.8 Å². The summed E-state index contributed by atoms with van der Waals surface area (Å²) in [5, 5.41) is 24.1. The van der Waals surface area contributed by atoms with Gasteiger partial charge in [0.1, 0.15) is 11.5 Å². The zero-order chi connectivity index (χ0) is 25.7. The van der Waals surface area contributed by atoms with Crippen LogP contribution < -0.4 is 4.74 Å². The first-order chi connectivity index (χ1) is 17.8. The number of hydrogen-bond acceptors (Lipinski definition) is 7. The Balaban J connectivity index is 1.33. The second-order valence-electron chi connectivity index (χ2n) is 9.94. The van der Waals surface area contributed by atoms with Crippen molar-refractivity contribution in [1.29, 1.82) is 0 Å². The average Bonchev–Trinajstić information content (AvgIpc) is 3.57. The molecule has 1 aromatic heterocycles. The van der Waals surface area contributed by atoms with Gasteiger partial charge in [-0.2, -0.15) is 0 Å². The molecule has 0 unspecified atom stereocenters. The lowest BCUT2D eigenvalue weighted by Gasteiger charge is -2.44. The third-order valence-electron chi connectivity index (χ3n) is 7.87. The van der Waals surface area contributed by atoms with Gasteiger partial charge in [-0.15, -0.1) is 11.3 Å². The summed E-state index contributed by atoms with van der Waals surface area (Å²) in [4.78, 5) is 29.4. The van der Waals surface area contributed by atoms with Gasteiger partial charge in [-0.3, -0.25) is 14.5 Å². The molecule has 37 heavy (non-hydrogen) atoms. The van der Waals surface area contributed by atoms with Crippen LogP contribution in [0, 0.1) is 23.7 Å². The number of hydrogen-bond donors (Lipinski definition) is 2. The summed E-state index contributed by atoms with van der Waals surface area (Å²) in [6.45, 7) is 0.357. The first-order valence-corrected chi connectivity index (χ1v) is 13.5. The van der Waals surface area contributed by atoms with Crippen molar-refractivity contribution >= 4 is 34.8 Å². The van der Waals surface area contributed by atoms with Crippen LogP contribution in [0.1, 0.15) is 29.4 Å². The molecule has 0 spiro atoms. The SMILES string of the molecule is O=C1[C@H]2[C@H](C[C@H](COc3ccccc3)[C@@]3(O)O[C@H](c4ccc(O)cc4Cl)C[C@@H]23)C(=O)N1Cc1cccs1. The first kappa shape index (κ1) is 24.4. The number of halogens is 1. The molecule has 2 amide bonds. The predicted octanol–water partition coefficient (Wildman–Crippen LogP) is 4.77. The van der Waals surface area contributed by atoms with Crippen molar-refractivity contribution in [3.05, 3.63) is 81.5 Å². The summed E-state index contributed by atoms with van der Waals surface area (Å²) >= 11 is 7.92. The van der Waals surface area contributed by atoms with Crippen molar-refractivity contribution in [1.82, 2.24) is 4.90 Å². The molecule has 6 atom stereocenters. The molecular formula is C28H26ClNO6S. The van der Waals surface area contributed by atoms with Gasteiger partial charge in [-0.05, 0) is 54.1 Å². The Morgan fingerprint density at radius 2 is 1.89 bits per heavy atom. The third-order valence-corrected chi connectivity index (χ3v) is 9.06. The second-order valence-corrected chi connectivity index (χ2v) is 11.4. The highest BCUT2D eigenvalue weighted by Gasteiger charge is 2.67. The predicted molar refractivity (Wildman–Crippen MR) is 137 cm³/mol. The molecule has 3 aromatic rings. The van der Waals surface area contributed by atoms with Crippen molar-refractivity contribution in [3.8, 4) is 11.5 Å². The van der Waals surface area contributed by atoms with Gasteiger partial charge < -0.3 is 19.7 Å². The minimum absolute atomic E-state index is 0.0258. The molecule has 0 bridgehead atoms. The van der Waals surface area contributed by atoms with Gasteiger partial charge >= 0.3 is 0 Å². The number of phenolic OH excluding ortho intramolecular Hbond substituents is 1. The number of likely N-dealkylation sites (tertiary alicyclic amines) is 1. The highest BCUT2D eigenvalue weighted by Crippen LogP contribution is 2.59. The number of para-hydroxylation sites is 1. The number of rotatable bonds is 6. The molecule has 2 N–H and O–H groups in total. The summed E-state index contributed by atoms with van der Waals surface area (Å²) in [6.07, 6.45) is -0.0163. The van der Waals surface area contributed by atoms with E-state index in [-0.39, 0.29) is 37.1 Å². The number of imide groups is 1. The van der Waals surface area contributed by atoms with Gasteiger partial charge in [0.25, 0.3) is 0 Å². The van der Waals surface area contributed by atoms with Gasteiger partial charge in [0.05, 0.1) is 36.1 Å². The van der Waals surface area contributed by atoms with Crippen LogP contribution in [0.4, 0.5) is 0 Å². The molecule has 2 aromatic carbocycles. The highest BCUT2D eigenvalue weighted by atomic mass is 35.5. The van der Waals surface area contributed by atoms with E-state index in [2.05, 4.69) is 0 Å². The summed E-state index contributed by atoms with van der Waals surface area (Å²) in [5.41, 5.74) is 0.619. The minimum Gasteiger partial charge on any atom is -0.508 e. The van der Waals surface area contributed by atoms with E-state index in [4.69, 9.17) is 21.1 Å². The zero-order valence-electron chi connectivity index (χ0n) is 19.8. The van der Waals surface area contributed by atoms with Crippen molar-refractivity contribution in [2.45, 2.75) is 31.3 Å². The lowest BCUT2D eigenvalue weighted by Crippen LogP contribution is -2.55. The number of benzene rings is 2. The second kappa shape index (κ2) is 9.44. The fourth-order valence-electron chi connectivity index (χ4n) is 6.14. The lowest BCUT2D eigenvalue weighted by molar-refractivity contribution is -0.272. The number of ether oxygens (including phenoxy) is 2. The van der Waals surface area contributed by atoms with E-state index in [1.54, 1.807) is 6.07 Å². The van der Waals surface area contributed by atoms with Crippen LogP contribution in [0.5, 0.6) is 11.5 Å². The molecule has 192 valence electrons. The first-order valence-electron chi connectivity index (χ1n) is 12.3. The topological polar surface area (TPSA) is 96.3 Å². The van der Waals surface area contributed by atoms with Crippen LogP contribution in [0.15, 0.2) is 66.0 Å². The van der Waals surface area contributed by atoms with E-state index in [9.17, 15) is 19.8 Å². The molecule has 2 saturated heterocycles. The number of fused-ring (bicyclic) bond motifs is 3. The normalized spacial score (nSPS) is 30.9. The van der Waals surface area contributed by atoms with E-state index >= 15 is 0 Å². The van der Waals surface area contributed by atoms with Gasteiger partial charge in [-0.1, -0.05) is 41.9 Å². The van der Waals surface area contributed by atoms with Crippen LogP contribution in [-0.2, 0) is 20.9 Å². The average molecular weight is 540 g/mol. The van der Waals surface area contributed by atoms with Crippen LogP contribution in [0.3, 0.4) is 0 Å². The van der Waals surface area contributed by atoms with Crippen LogP contribution in [0.2, 0.25) is 5.02 Å². The molecule has 1 aliphatic carbocycles. The van der Waals surface area contributed by atoms with Crippen LogP contribution in [-0.4, -0.2) is 39.3 Å². The van der Waals surface area contributed by atoms with E-state index in [0.29, 0.717) is 22.8 Å². The van der Waals surface area contributed by atoms with E-state index < -0.39 is 35.6 Å². The molecule has 6 rings (SSSR count). The van der Waals surface area contributed by atoms with Gasteiger partial charge in [0.15, 0.2) is 5.79 Å². The Bertz CT molecular complexity index is 1320. The molecule has 1 saturated carbocycles. The van der Waals surface area contributed by atoms with Crippen molar-refractivity contribution in [3.63, 3.8) is 0 Å². The Morgan fingerprint density at radius 1 is 1.08 bits per heavy atom. The molecule has 7 nitrogen and oxygen atoms in total. The zero-order valence-corrected chi connectivity index (χ0v) is 21.4. The molecule has 0 radical (unpaired) electrons. The highest BCUT2D eigenvalue weighted by molar-refractivity contribution is 7.09. The van der Waals surface area contributed by atoms with E-state index in [1.165, 1.54) is 28.4 Å². The number of phenols is 1. The largest absolute Gasteiger partial charge is 0.508 e. The molecule has 3 aliphatic rings. The van der Waals surface area contributed by atoms with Gasteiger partial charge in [0, 0.05) is 16.7 Å². The molecule has 3 heterocycles. The molecule has 2 aliphatic heterocycles. The van der Waals surface area contributed by atoms with Gasteiger partial charge in [-0.25, -0.2) is 0 Å². The maximum Gasteiger partial charge on any atom is 0.233 e. The fourth-order valence-corrected chi connectivity index (χ4v) is 7.13. The number of carbonyl (C=O) groups excluding carboxylic acids is 2. The Kier molecular flexibility index (Phi) is 6.23. The Hall–Kier alpha value is -2.91. The third kappa shape index (κ3) is 4.22. The van der Waals surface area contributed by atoms with Crippen molar-refractivity contribution in [2.24, 2.45) is 23.7 Å². The lowest BCUT2D eigenvalue weighted by atomic mass is 9.64. The maximum atomic E-state index is 13.7. The molecule has 3 fully saturated rings. The number of aromatic hydroxyl groups is 1. The van der Waals surface area contributed by atoms with E-state index in [0.717, 1.165) is 4.88 Å². The Morgan fingerprint density at radius 3 is 2.62 bits per heavy atom. The quantitative estimate of drug-likeness (QED) is 0.438. The molecular weight excluding hydrogens is 514 g/mol. The van der Waals surface area contributed by atoms with Crippen LogP contribution >= 0.6 is 22.9 Å². The summed E-state index contributed by atoms with van der Waals surface area (Å²) in [6, 6.07) is 17.7. The minimum atomic E-state index is -1.68. The summed E-state index contributed by atoms with van der Waals surface area (Å²) in [7, 11) is 0. The number of aliphatic hydroxyl groups is 1. The smallest absolute Gasteiger partial charge is 0.233 e. The Labute approximate surface area is 223 Å². The standard InChI is InChI=1S/C28H26ClNO6S/c29-23-12-17(31)8-9-20(23)24-13-22-25-21(26(32)30(27(25)33)14-19-7-4-10-37-19)11-16(28(22,34)36-24)15-35-18-5-2-1-3-6-18/h1-10,12,16,21-22,24-25,31,34H,11,13-15H2/t16-,21+,22+,24+,25+,28-/m1/s1. The monoisotopic (exact) mass is 539 g/mol. The van der Waals surface area contributed by atoms with Crippen molar-refractivity contribution < 1.29 is 29.3 Å². The number of amides is 2. The number of carbonyl (C=O) groups is 2. The summed E-state index contributed by atoms with van der Waals surface area (Å²) < 4.78 is 12.3. The maximum absolute atomic E-state index is 13.7. The summed E-state index contributed by atoms with van der Waals surface area (Å²) in [5.74, 6) is -3.89. The molecule has 9 heteroatoms. The van der Waals surface area contributed by atoms with Crippen molar-refractivity contribution in [2.75, 3.05) is 6.61 Å². The van der Waals surface area contributed by atoms with E-state index in [1.807, 2.05) is 47.8 Å². The number of thiophene rings is 1.